The number of hydrogen-bond acceptors (Lipinski definition) is 3. The maximum atomic E-state index is 12.3. The molecular weight excluding hydrogens is 328 g/mol. The van der Waals surface area contributed by atoms with Gasteiger partial charge in [-0.3, -0.25) is 4.79 Å². The van der Waals surface area contributed by atoms with E-state index in [1.807, 2.05) is 24.4 Å². The smallest absolute Gasteiger partial charge is 0.273 e. The van der Waals surface area contributed by atoms with Crippen molar-refractivity contribution in [2.75, 3.05) is 13.2 Å². The zero-order chi connectivity index (χ0) is 16.5. The predicted molar refractivity (Wildman–Crippen MR) is 91.7 cm³/mol. The fourth-order valence-corrected chi connectivity index (χ4v) is 3.25. The van der Waals surface area contributed by atoms with Gasteiger partial charge in [-0.2, -0.15) is 5.10 Å². The summed E-state index contributed by atoms with van der Waals surface area (Å²) >= 11 is 6.22. The number of nitrogens with one attached hydrogen (secondary N) is 2. The molecule has 1 aliphatic rings. The van der Waals surface area contributed by atoms with Gasteiger partial charge >= 0.3 is 0 Å². The fraction of sp³-hybridized carbons (Fsp3) is 0.294. The van der Waals surface area contributed by atoms with E-state index in [1.165, 1.54) is 10.9 Å². The molecule has 0 aliphatic carbocycles. The minimum atomic E-state index is -0.273. The van der Waals surface area contributed by atoms with Gasteiger partial charge in [-0.05, 0) is 18.1 Å². The Balaban J connectivity index is 1.43. The summed E-state index contributed by atoms with van der Waals surface area (Å²) in [6.07, 6.45) is 3.58. The Morgan fingerprint density at radius 3 is 3.17 bits per heavy atom. The van der Waals surface area contributed by atoms with Gasteiger partial charge in [0, 0.05) is 36.6 Å². The van der Waals surface area contributed by atoms with Gasteiger partial charge in [0.2, 0.25) is 5.88 Å². The fourth-order valence-electron chi connectivity index (χ4n) is 2.98. The van der Waals surface area contributed by atoms with Crippen LogP contribution in [0.15, 0.2) is 30.5 Å². The Labute approximate surface area is 143 Å². The topological polar surface area (TPSA) is 71.9 Å². The largest absolute Gasteiger partial charge is 0.477 e. The number of rotatable bonds is 4. The summed E-state index contributed by atoms with van der Waals surface area (Å²) in [5.41, 5.74) is 2.50. The highest BCUT2D eigenvalue weighted by Gasteiger charge is 2.24. The quantitative estimate of drug-likeness (QED) is 0.764. The molecule has 0 radical (unpaired) electrons. The summed E-state index contributed by atoms with van der Waals surface area (Å²) in [5.74, 6) is 0.218. The van der Waals surface area contributed by atoms with Crippen LogP contribution in [0.4, 0.5) is 0 Å². The van der Waals surface area contributed by atoms with Crippen LogP contribution in [0.3, 0.4) is 0 Å². The highest BCUT2D eigenvalue weighted by molar-refractivity contribution is 6.34. The summed E-state index contributed by atoms with van der Waals surface area (Å²) < 4.78 is 7.13. The van der Waals surface area contributed by atoms with E-state index in [0.717, 1.165) is 24.9 Å². The molecule has 3 heterocycles. The second-order valence-electron chi connectivity index (χ2n) is 5.76. The molecule has 1 aliphatic heterocycles. The van der Waals surface area contributed by atoms with E-state index in [1.54, 1.807) is 4.68 Å². The molecule has 7 heteroatoms. The number of halogens is 1. The Hall–Kier alpha value is -2.47. The van der Waals surface area contributed by atoms with Crippen LogP contribution in [-0.2, 0) is 13.0 Å². The lowest BCUT2D eigenvalue weighted by molar-refractivity contribution is 0.0948. The number of para-hydroxylation sites is 1. The number of hydrogen-bond donors (Lipinski definition) is 2. The van der Waals surface area contributed by atoms with Crippen molar-refractivity contribution in [2.24, 2.45) is 0 Å². The molecule has 2 aromatic heterocycles. The third kappa shape index (κ3) is 2.63. The molecule has 0 unspecified atom stereocenters. The van der Waals surface area contributed by atoms with E-state index in [9.17, 15) is 4.79 Å². The van der Waals surface area contributed by atoms with Crippen LogP contribution in [0, 0.1) is 0 Å². The van der Waals surface area contributed by atoms with Gasteiger partial charge in [0.25, 0.3) is 5.91 Å². The normalized spacial score (nSPS) is 13.5. The van der Waals surface area contributed by atoms with Crippen molar-refractivity contribution in [1.82, 2.24) is 20.1 Å². The summed E-state index contributed by atoms with van der Waals surface area (Å²) in [5, 5.41) is 8.61. The third-order valence-corrected chi connectivity index (χ3v) is 4.51. The predicted octanol–water partition coefficient (Wildman–Crippen LogP) is 2.77. The minimum Gasteiger partial charge on any atom is -0.477 e. The number of aromatic nitrogens is 3. The van der Waals surface area contributed by atoms with Crippen LogP contribution < -0.4 is 10.1 Å². The summed E-state index contributed by atoms with van der Waals surface area (Å²) in [7, 11) is 0. The van der Waals surface area contributed by atoms with Crippen LogP contribution in [-0.4, -0.2) is 33.8 Å². The summed E-state index contributed by atoms with van der Waals surface area (Å²) in [6, 6.07) is 8.11. The van der Waals surface area contributed by atoms with E-state index in [2.05, 4.69) is 21.5 Å². The maximum Gasteiger partial charge on any atom is 0.273 e. The van der Waals surface area contributed by atoms with Crippen molar-refractivity contribution in [3.8, 4) is 5.88 Å². The number of fused-ring (bicyclic) bond motifs is 2. The first-order chi connectivity index (χ1) is 11.7. The Morgan fingerprint density at radius 1 is 1.42 bits per heavy atom. The van der Waals surface area contributed by atoms with Crippen molar-refractivity contribution >= 4 is 28.4 Å². The molecule has 4 rings (SSSR count). The number of aromatic amines is 1. The number of carbonyl (C=O) groups is 1. The number of ether oxygens (including phenoxy) is 1. The lowest BCUT2D eigenvalue weighted by Gasteiger charge is -2.14. The average Bonchev–Trinajstić information content (AvgIpc) is 3.17. The van der Waals surface area contributed by atoms with E-state index >= 15 is 0 Å². The van der Waals surface area contributed by atoms with Crippen LogP contribution >= 0.6 is 11.6 Å². The van der Waals surface area contributed by atoms with Crippen molar-refractivity contribution < 1.29 is 9.53 Å². The molecule has 6 nitrogen and oxygen atoms in total. The number of amides is 1. The first-order valence-electron chi connectivity index (χ1n) is 7.96. The Kier molecular flexibility index (Phi) is 3.90. The first kappa shape index (κ1) is 15.1. The minimum absolute atomic E-state index is 0.229. The lowest BCUT2D eigenvalue weighted by Crippen LogP contribution is -2.26. The first-order valence-corrected chi connectivity index (χ1v) is 8.34. The maximum absolute atomic E-state index is 12.3. The van der Waals surface area contributed by atoms with Crippen molar-refractivity contribution in [3.05, 3.63) is 46.7 Å². The molecule has 124 valence electrons. The second kappa shape index (κ2) is 6.20. The number of benzene rings is 1. The van der Waals surface area contributed by atoms with Gasteiger partial charge in [-0.1, -0.05) is 29.8 Å². The molecular formula is C17H17ClN4O2. The van der Waals surface area contributed by atoms with E-state index in [-0.39, 0.29) is 11.6 Å². The third-order valence-electron chi connectivity index (χ3n) is 4.17. The van der Waals surface area contributed by atoms with E-state index in [0.29, 0.717) is 24.1 Å². The van der Waals surface area contributed by atoms with Crippen LogP contribution in [0.2, 0.25) is 5.02 Å². The standard InChI is InChI=1S/C17H17ClN4O2/c18-14-15(21-22-8-3-9-24-17(14)22)16(23)19-7-6-11-10-20-13-5-2-1-4-12(11)13/h1-2,4-5,10,20H,3,6-9H2,(H,19,23). The van der Waals surface area contributed by atoms with Crippen molar-refractivity contribution in [2.45, 2.75) is 19.4 Å². The molecule has 3 aromatic rings. The number of carbonyl (C=O) groups excluding carboxylic acids is 1. The Bertz CT molecular complexity index is 899. The molecule has 0 atom stereocenters. The molecule has 0 saturated heterocycles. The van der Waals surface area contributed by atoms with Crippen LogP contribution in [0.1, 0.15) is 22.5 Å². The lowest BCUT2D eigenvalue weighted by atomic mass is 10.1. The van der Waals surface area contributed by atoms with Crippen LogP contribution in [0.5, 0.6) is 5.88 Å². The van der Waals surface area contributed by atoms with Crippen LogP contribution in [0.25, 0.3) is 10.9 Å². The van der Waals surface area contributed by atoms with Gasteiger partial charge in [0.1, 0.15) is 5.02 Å². The van der Waals surface area contributed by atoms with Gasteiger partial charge in [0.05, 0.1) is 6.61 Å². The molecule has 1 amide bonds. The number of nitrogens with zero attached hydrogens (tertiary/aromatic N) is 2. The zero-order valence-corrected chi connectivity index (χ0v) is 13.8. The van der Waals surface area contributed by atoms with Gasteiger partial charge < -0.3 is 15.0 Å². The summed E-state index contributed by atoms with van der Waals surface area (Å²) in [4.78, 5) is 15.6. The monoisotopic (exact) mass is 344 g/mol. The van der Waals surface area contributed by atoms with Crippen molar-refractivity contribution in [3.63, 3.8) is 0 Å². The van der Waals surface area contributed by atoms with E-state index in [4.69, 9.17) is 16.3 Å². The highest BCUT2D eigenvalue weighted by atomic mass is 35.5. The second-order valence-corrected chi connectivity index (χ2v) is 6.14. The highest BCUT2D eigenvalue weighted by Crippen LogP contribution is 2.30. The van der Waals surface area contributed by atoms with Crippen molar-refractivity contribution in [1.29, 1.82) is 0 Å². The van der Waals surface area contributed by atoms with Gasteiger partial charge in [0.15, 0.2) is 5.69 Å². The SMILES string of the molecule is O=C(NCCc1c[nH]c2ccccc12)c1nn2c(c1Cl)OCCC2. The number of aryl methyl sites for hydroxylation is 1. The number of H-pyrrole nitrogens is 1. The molecule has 0 fully saturated rings. The molecule has 0 spiro atoms. The molecule has 24 heavy (non-hydrogen) atoms. The molecule has 0 bridgehead atoms. The molecule has 2 N–H and O–H groups in total. The average molecular weight is 345 g/mol. The van der Waals surface area contributed by atoms with Gasteiger partial charge in [-0.25, -0.2) is 4.68 Å². The molecule has 0 saturated carbocycles. The van der Waals surface area contributed by atoms with Gasteiger partial charge in [-0.15, -0.1) is 0 Å². The Morgan fingerprint density at radius 2 is 2.29 bits per heavy atom. The van der Waals surface area contributed by atoms with E-state index < -0.39 is 0 Å². The zero-order valence-electron chi connectivity index (χ0n) is 13.0. The molecule has 1 aromatic carbocycles. The summed E-state index contributed by atoms with van der Waals surface area (Å²) in [6.45, 7) is 1.84.